The van der Waals surface area contributed by atoms with Gasteiger partial charge in [0.2, 0.25) is 11.8 Å². The predicted octanol–water partition coefficient (Wildman–Crippen LogP) is 3.52. The minimum absolute atomic E-state index is 0.108. The van der Waals surface area contributed by atoms with Crippen molar-refractivity contribution in [3.8, 4) is 0 Å². The Morgan fingerprint density at radius 2 is 2.30 bits per heavy atom. The zero-order valence-corrected chi connectivity index (χ0v) is 13.3. The van der Waals surface area contributed by atoms with Crippen molar-refractivity contribution in [1.82, 2.24) is 10.2 Å². The van der Waals surface area contributed by atoms with Gasteiger partial charge in [-0.2, -0.15) is 0 Å². The van der Waals surface area contributed by atoms with E-state index in [2.05, 4.69) is 31.4 Å². The lowest BCUT2D eigenvalue weighted by molar-refractivity contribution is -0.113. The summed E-state index contributed by atoms with van der Waals surface area (Å²) in [7, 11) is 0. The fourth-order valence-electron chi connectivity index (χ4n) is 1.50. The zero-order valence-electron chi connectivity index (χ0n) is 10.9. The summed E-state index contributed by atoms with van der Waals surface area (Å²) < 4.78 is 6.32. The molecule has 1 aromatic carbocycles. The lowest BCUT2D eigenvalue weighted by atomic mass is 10.3. The summed E-state index contributed by atoms with van der Waals surface area (Å²) in [6, 6.07) is 7.44. The van der Waals surface area contributed by atoms with Gasteiger partial charge in [-0.3, -0.25) is 4.79 Å². The fourth-order valence-corrected chi connectivity index (χ4v) is 2.48. The van der Waals surface area contributed by atoms with Gasteiger partial charge in [-0.05, 0) is 24.6 Å². The van der Waals surface area contributed by atoms with Crippen LogP contribution in [0.2, 0.25) is 0 Å². The number of carbonyl (C=O) groups is 1. The Kier molecular flexibility index (Phi) is 5.60. The standard InChI is InChI=1S/C13H14BrN3O2S/c1-2-4-12-16-17-13(19-12)20-8-11(18)15-10-6-3-5-9(14)7-10/h3,5-7H,2,4,8H2,1H3,(H,15,18). The van der Waals surface area contributed by atoms with Gasteiger partial charge in [0.25, 0.3) is 5.22 Å². The third-order valence-corrected chi connectivity index (χ3v) is 3.66. The van der Waals surface area contributed by atoms with Crippen LogP contribution in [0.25, 0.3) is 0 Å². The molecule has 1 N–H and O–H groups in total. The van der Waals surface area contributed by atoms with Crippen molar-refractivity contribution >= 4 is 39.3 Å². The Bertz CT molecular complexity index is 589. The van der Waals surface area contributed by atoms with Gasteiger partial charge in [-0.1, -0.05) is 40.7 Å². The number of hydrogen-bond acceptors (Lipinski definition) is 5. The number of carbonyl (C=O) groups excluding carboxylic acids is 1. The van der Waals surface area contributed by atoms with Crippen molar-refractivity contribution in [2.24, 2.45) is 0 Å². The number of thioether (sulfide) groups is 1. The number of nitrogens with one attached hydrogen (secondary N) is 1. The number of hydrogen-bond donors (Lipinski definition) is 1. The molecule has 2 rings (SSSR count). The van der Waals surface area contributed by atoms with Crippen LogP contribution < -0.4 is 5.32 Å². The van der Waals surface area contributed by atoms with E-state index in [9.17, 15) is 4.79 Å². The first-order valence-electron chi connectivity index (χ1n) is 6.18. The predicted molar refractivity (Wildman–Crippen MR) is 81.8 cm³/mol. The normalized spacial score (nSPS) is 10.5. The number of amides is 1. The maximum absolute atomic E-state index is 11.8. The first-order chi connectivity index (χ1) is 9.67. The maximum Gasteiger partial charge on any atom is 0.277 e. The lowest BCUT2D eigenvalue weighted by Crippen LogP contribution is -2.13. The van der Waals surface area contributed by atoms with Gasteiger partial charge < -0.3 is 9.73 Å². The number of halogens is 1. The Labute approximate surface area is 129 Å². The van der Waals surface area contributed by atoms with Gasteiger partial charge >= 0.3 is 0 Å². The Morgan fingerprint density at radius 1 is 1.45 bits per heavy atom. The first kappa shape index (κ1) is 15.1. The number of aryl methyl sites for hydroxylation is 1. The van der Waals surface area contributed by atoms with E-state index in [4.69, 9.17) is 4.42 Å². The van der Waals surface area contributed by atoms with Crippen LogP contribution >= 0.6 is 27.7 Å². The summed E-state index contributed by atoms with van der Waals surface area (Å²) in [5, 5.41) is 11.0. The molecule has 2 aromatic rings. The molecule has 7 heteroatoms. The van der Waals surface area contributed by atoms with Crippen LogP contribution in [-0.4, -0.2) is 21.9 Å². The highest BCUT2D eigenvalue weighted by Gasteiger charge is 2.09. The monoisotopic (exact) mass is 355 g/mol. The molecule has 1 heterocycles. The number of nitrogens with zero attached hydrogens (tertiary/aromatic N) is 2. The molecule has 0 spiro atoms. The smallest absolute Gasteiger partial charge is 0.277 e. The van der Waals surface area contributed by atoms with Crippen LogP contribution in [0.5, 0.6) is 0 Å². The molecule has 0 aliphatic heterocycles. The van der Waals surface area contributed by atoms with Crippen LogP contribution in [0, 0.1) is 0 Å². The largest absolute Gasteiger partial charge is 0.416 e. The Morgan fingerprint density at radius 3 is 3.05 bits per heavy atom. The quantitative estimate of drug-likeness (QED) is 0.803. The molecule has 106 valence electrons. The van der Waals surface area contributed by atoms with Gasteiger partial charge in [-0.25, -0.2) is 0 Å². The molecule has 0 fully saturated rings. The number of aromatic nitrogens is 2. The molecule has 20 heavy (non-hydrogen) atoms. The van der Waals surface area contributed by atoms with E-state index in [0.29, 0.717) is 11.1 Å². The first-order valence-corrected chi connectivity index (χ1v) is 7.96. The SMILES string of the molecule is CCCc1nnc(SCC(=O)Nc2cccc(Br)c2)o1. The third-order valence-electron chi connectivity index (χ3n) is 2.35. The van der Waals surface area contributed by atoms with Crippen molar-refractivity contribution in [3.63, 3.8) is 0 Å². The molecule has 1 amide bonds. The second kappa shape index (κ2) is 7.44. The summed E-state index contributed by atoms with van der Waals surface area (Å²) in [5.74, 6) is 0.742. The fraction of sp³-hybridized carbons (Fsp3) is 0.308. The summed E-state index contributed by atoms with van der Waals surface area (Å²) in [6.45, 7) is 2.04. The highest BCUT2D eigenvalue weighted by atomic mass is 79.9. The summed E-state index contributed by atoms with van der Waals surface area (Å²) in [4.78, 5) is 11.8. The summed E-state index contributed by atoms with van der Waals surface area (Å²) in [5.41, 5.74) is 0.752. The second-order valence-electron chi connectivity index (χ2n) is 4.06. The van der Waals surface area contributed by atoms with Gasteiger partial charge in [-0.15, -0.1) is 10.2 Å². The van der Waals surface area contributed by atoms with E-state index in [-0.39, 0.29) is 11.7 Å². The van der Waals surface area contributed by atoms with Gasteiger partial charge in [0.05, 0.1) is 5.75 Å². The molecule has 0 aliphatic carbocycles. The van der Waals surface area contributed by atoms with Crippen LogP contribution in [-0.2, 0) is 11.2 Å². The average molecular weight is 356 g/mol. The van der Waals surface area contributed by atoms with Gasteiger partial charge in [0.15, 0.2) is 0 Å². The van der Waals surface area contributed by atoms with Gasteiger partial charge in [0, 0.05) is 16.6 Å². The van der Waals surface area contributed by atoms with Crippen LogP contribution in [0.1, 0.15) is 19.2 Å². The van der Waals surface area contributed by atoms with E-state index >= 15 is 0 Å². The number of rotatable bonds is 6. The molecule has 5 nitrogen and oxygen atoms in total. The molecule has 0 saturated carbocycles. The highest BCUT2D eigenvalue weighted by Crippen LogP contribution is 2.19. The van der Waals surface area contributed by atoms with Crippen LogP contribution in [0.3, 0.4) is 0 Å². The van der Waals surface area contributed by atoms with Crippen LogP contribution in [0.4, 0.5) is 5.69 Å². The molecular formula is C13H14BrN3O2S. The minimum atomic E-state index is -0.108. The van der Waals surface area contributed by atoms with E-state index in [1.165, 1.54) is 11.8 Å². The lowest BCUT2D eigenvalue weighted by Gasteiger charge is -2.03. The van der Waals surface area contributed by atoms with E-state index in [0.717, 1.165) is 23.0 Å². The molecule has 1 aromatic heterocycles. The molecule has 0 unspecified atom stereocenters. The van der Waals surface area contributed by atoms with Crippen molar-refractivity contribution in [1.29, 1.82) is 0 Å². The minimum Gasteiger partial charge on any atom is -0.416 e. The zero-order chi connectivity index (χ0) is 14.4. The van der Waals surface area contributed by atoms with Crippen LogP contribution in [0.15, 0.2) is 38.4 Å². The Balaban J connectivity index is 1.82. The number of anilines is 1. The number of benzene rings is 1. The highest BCUT2D eigenvalue weighted by molar-refractivity contribution is 9.10. The van der Waals surface area contributed by atoms with Gasteiger partial charge in [0.1, 0.15) is 0 Å². The topological polar surface area (TPSA) is 68.0 Å². The molecule has 0 bridgehead atoms. The molecule has 0 aliphatic rings. The van der Waals surface area contributed by atoms with E-state index < -0.39 is 0 Å². The summed E-state index contributed by atoms with van der Waals surface area (Å²) in [6.07, 6.45) is 1.72. The van der Waals surface area contributed by atoms with Crippen molar-refractivity contribution in [2.75, 3.05) is 11.1 Å². The molecule has 0 saturated heterocycles. The molecular weight excluding hydrogens is 342 g/mol. The van der Waals surface area contributed by atoms with Crippen molar-refractivity contribution < 1.29 is 9.21 Å². The maximum atomic E-state index is 11.8. The molecule has 0 atom stereocenters. The van der Waals surface area contributed by atoms with Crippen molar-refractivity contribution in [2.45, 2.75) is 25.0 Å². The third kappa shape index (κ3) is 4.64. The average Bonchev–Trinajstić information content (AvgIpc) is 2.85. The van der Waals surface area contributed by atoms with E-state index in [1.807, 2.05) is 31.2 Å². The second-order valence-corrected chi connectivity index (χ2v) is 5.90. The van der Waals surface area contributed by atoms with Crippen molar-refractivity contribution in [3.05, 3.63) is 34.6 Å². The van der Waals surface area contributed by atoms with E-state index in [1.54, 1.807) is 0 Å². The Hall–Kier alpha value is -1.34. The molecule has 0 radical (unpaired) electrons. The summed E-state index contributed by atoms with van der Waals surface area (Å²) >= 11 is 4.59.